The van der Waals surface area contributed by atoms with Crippen LogP contribution in [0.4, 0.5) is 0 Å². The molecule has 0 aromatic heterocycles. The molecular weight excluding hydrogens is 330 g/mol. The van der Waals surface area contributed by atoms with Crippen LogP contribution in [0.2, 0.25) is 0 Å². The number of likely N-dealkylation sites (tertiary alicyclic amines) is 1. The van der Waals surface area contributed by atoms with Gasteiger partial charge in [0.05, 0.1) is 33.4 Å². The SMILES string of the molecule is CN=C(NCc1c(OC)cc(OC)cc1OC)N1CCC2(CCCC2)C1. The Morgan fingerprint density at radius 3 is 2.27 bits per heavy atom. The molecule has 1 saturated heterocycles. The summed E-state index contributed by atoms with van der Waals surface area (Å²) < 4.78 is 16.4. The van der Waals surface area contributed by atoms with E-state index in [4.69, 9.17) is 14.2 Å². The largest absolute Gasteiger partial charge is 0.496 e. The highest BCUT2D eigenvalue weighted by atomic mass is 16.5. The molecule has 6 heteroatoms. The van der Waals surface area contributed by atoms with Gasteiger partial charge in [-0.25, -0.2) is 0 Å². The maximum absolute atomic E-state index is 5.54. The van der Waals surface area contributed by atoms with Crippen molar-refractivity contribution >= 4 is 5.96 Å². The van der Waals surface area contributed by atoms with Gasteiger partial charge in [-0.2, -0.15) is 0 Å². The number of benzene rings is 1. The lowest BCUT2D eigenvalue weighted by atomic mass is 9.86. The van der Waals surface area contributed by atoms with Crippen LogP contribution in [0.3, 0.4) is 0 Å². The molecule has 1 spiro atoms. The Hall–Kier alpha value is -2.11. The summed E-state index contributed by atoms with van der Waals surface area (Å²) in [5.74, 6) is 3.17. The van der Waals surface area contributed by atoms with Crippen LogP contribution in [-0.2, 0) is 6.54 Å². The number of guanidine groups is 1. The second kappa shape index (κ2) is 8.06. The van der Waals surface area contributed by atoms with Crippen LogP contribution in [0.1, 0.15) is 37.7 Å². The van der Waals surface area contributed by atoms with Gasteiger partial charge in [-0.15, -0.1) is 0 Å². The lowest BCUT2D eigenvalue weighted by molar-refractivity contribution is 0.309. The van der Waals surface area contributed by atoms with Crippen molar-refractivity contribution in [2.24, 2.45) is 10.4 Å². The highest BCUT2D eigenvalue weighted by Gasteiger charge is 2.41. The predicted molar refractivity (Wildman–Crippen MR) is 103 cm³/mol. The number of methoxy groups -OCH3 is 3. The summed E-state index contributed by atoms with van der Waals surface area (Å²) in [6, 6.07) is 3.76. The van der Waals surface area contributed by atoms with Crippen LogP contribution in [0.25, 0.3) is 0 Å². The zero-order valence-corrected chi connectivity index (χ0v) is 16.4. The first-order valence-electron chi connectivity index (χ1n) is 9.39. The highest BCUT2D eigenvalue weighted by molar-refractivity contribution is 5.80. The standard InChI is InChI=1S/C20H31N3O3/c1-21-19(23-10-9-20(14-23)7-5-6-8-20)22-13-16-17(25-3)11-15(24-2)12-18(16)26-4/h11-12H,5-10,13-14H2,1-4H3,(H,21,22). The Morgan fingerprint density at radius 1 is 1.08 bits per heavy atom. The molecule has 1 aliphatic carbocycles. The van der Waals surface area contributed by atoms with Crippen LogP contribution in [0.15, 0.2) is 17.1 Å². The molecule has 1 saturated carbocycles. The van der Waals surface area contributed by atoms with Gasteiger partial charge < -0.3 is 24.4 Å². The van der Waals surface area contributed by atoms with Gasteiger partial charge in [-0.05, 0) is 24.7 Å². The smallest absolute Gasteiger partial charge is 0.193 e. The summed E-state index contributed by atoms with van der Waals surface area (Å²) in [5.41, 5.74) is 1.49. The van der Waals surface area contributed by atoms with E-state index in [1.807, 2.05) is 19.2 Å². The number of nitrogens with one attached hydrogen (secondary N) is 1. The van der Waals surface area contributed by atoms with Crippen molar-refractivity contribution in [3.8, 4) is 17.2 Å². The molecule has 1 heterocycles. The summed E-state index contributed by atoms with van der Waals surface area (Å²) in [5, 5.41) is 3.50. The minimum Gasteiger partial charge on any atom is -0.496 e. The van der Waals surface area contributed by atoms with Gasteiger partial charge in [0.15, 0.2) is 5.96 Å². The fourth-order valence-electron chi connectivity index (χ4n) is 4.40. The number of hydrogen-bond acceptors (Lipinski definition) is 4. The fourth-order valence-corrected chi connectivity index (χ4v) is 4.40. The summed E-state index contributed by atoms with van der Waals surface area (Å²) in [4.78, 5) is 6.91. The van der Waals surface area contributed by atoms with E-state index in [2.05, 4.69) is 15.2 Å². The van der Waals surface area contributed by atoms with Crippen molar-refractivity contribution < 1.29 is 14.2 Å². The molecule has 0 bridgehead atoms. The van der Waals surface area contributed by atoms with Crippen LogP contribution < -0.4 is 19.5 Å². The average molecular weight is 361 g/mol. The highest BCUT2D eigenvalue weighted by Crippen LogP contribution is 2.45. The molecule has 3 rings (SSSR count). The van der Waals surface area contributed by atoms with E-state index in [9.17, 15) is 0 Å². The molecule has 0 atom stereocenters. The lowest BCUT2D eigenvalue weighted by Crippen LogP contribution is -2.40. The topological polar surface area (TPSA) is 55.3 Å². The van der Waals surface area contributed by atoms with E-state index < -0.39 is 0 Å². The first kappa shape index (κ1) is 18.7. The quantitative estimate of drug-likeness (QED) is 0.645. The molecule has 2 aliphatic rings. The predicted octanol–water partition coefficient (Wildman–Crippen LogP) is 3.05. The Kier molecular flexibility index (Phi) is 5.79. The van der Waals surface area contributed by atoms with E-state index in [0.717, 1.165) is 41.9 Å². The molecule has 2 fully saturated rings. The molecule has 6 nitrogen and oxygen atoms in total. The van der Waals surface area contributed by atoms with E-state index in [0.29, 0.717) is 12.0 Å². The molecule has 0 radical (unpaired) electrons. The van der Waals surface area contributed by atoms with Crippen LogP contribution in [0.5, 0.6) is 17.2 Å². The third-order valence-electron chi connectivity index (χ3n) is 5.85. The van der Waals surface area contributed by atoms with Crippen molar-refractivity contribution in [1.82, 2.24) is 10.2 Å². The summed E-state index contributed by atoms with van der Waals surface area (Å²) in [6.45, 7) is 2.78. The van der Waals surface area contributed by atoms with Crippen LogP contribution in [-0.4, -0.2) is 52.3 Å². The third kappa shape index (κ3) is 3.69. The molecule has 26 heavy (non-hydrogen) atoms. The summed E-state index contributed by atoms with van der Waals surface area (Å²) >= 11 is 0. The number of rotatable bonds is 5. The molecular formula is C20H31N3O3. The third-order valence-corrected chi connectivity index (χ3v) is 5.85. The Labute approximate surface area is 156 Å². The van der Waals surface area contributed by atoms with Gasteiger partial charge >= 0.3 is 0 Å². The number of ether oxygens (including phenoxy) is 3. The van der Waals surface area contributed by atoms with E-state index in [1.165, 1.54) is 32.1 Å². The molecule has 0 amide bonds. The van der Waals surface area contributed by atoms with Crippen molar-refractivity contribution in [1.29, 1.82) is 0 Å². The molecule has 1 aliphatic heterocycles. The molecule has 1 aromatic rings. The van der Waals surface area contributed by atoms with Crippen molar-refractivity contribution in [2.75, 3.05) is 41.5 Å². The molecule has 1 N–H and O–H groups in total. The van der Waals surface area contributed by atoms with E-state index in [1.54, 1.807) is 21.3 Å². The van der Waals surface area contributed by atoms with Gasteiger partial charge in [0.25, 0.3) is 0 Å². The molecule has 144 valence electrons. The maximum Gasteiger partial charge on any atom is 0.193 e. The van der Waals surface area contributed by atoms with Gasteiger partial charge in [-0.1, -0.05) is 12.8 Å². The molecule has 0 unspecified atom stereocenters. The monoisotopic (exact) mass is 361 g/mol. The van der Waals surface area contributed by atoms with Gasteiger partial charge in [0, 0.05) is 32.3 Å². The van der Waals surface area contributed by atoms with Gasteiger partial charge in [0.1, 0.15) is 17.2 Å². The second-order valence-corrected chi connectivity index (χ2v) is 7.29. The molecule has 1 aromatic carbocycles. The van der Waals surface area contributed by atoms with Gasteiger partial charge in [0.2, 0.25) is 0 Å². The Balaban J connectivity index is 1.71. The minimum atomic E-state index is 0.521. The van der Waals surface area contributed by atoms with Crippen molar-refractivity contribution in [3.05, 3.63) is 17.7 Å². The fraction of sp³-hybridized carbons (Fsp3) is 0.650. The summed E-state index contributed by atoms with van der Waals surface area (Å²) in [6.07, 6.45) is 6.75. The first-order chi connectivity index (χ1) is 12.6. The normalized spacial score (nSPS) is 19.1. The summed E-state index contributed by atoms with van der Waals surface area (Å²) in [7, 11) is 6.82. The lowest BCUT2D eigenvalue weighted by Gasteiger charge is -2.26. The van der Waals surface area contributed by atoms with E-state index in [-0.39, 0.29) is 0 Å². The van der Waals surface area contributed by atoms with Crippen molar-refractivity contribution in [2.45, 2.75) is 38.6 Å². The van der Waals surface area contributed by atoms with Crippen LogP contribution in [0, 0.1) is 5.41 Å². The number of nitrogens with zero attached hydrogens (tertiary/aromatic N) is 2. The van der Waals surface area contributed by atoms with Crippen LogP contribution >= 0.6 is 0 Å². The number of aliphatic imine (C=N–C) groups is 1. The first-order valence-corrected chi connectivity index (χ1v) is 9.39. The Morgan fingerprint density at radius 2 is 1.73 bits per heavy atom. The zero-order chi connectivity index (χ0) is 18.6. The van der Waals surface area contributed by atoms with Gasteiger partial charge in [-0.3, -0.25) is 4.99 Å². The minimum absolute atomic E-state index is 0.521. The van der Waals surface area contributed by atoms with Crippen molar-refractivity contribution in [3.63, 3.8) is 0 Å². The number of hydrogen-bond donors (Lipinski definition) is 1. The maximum atomic E-state index is 5.54. The zero-order valence-electron chi connectivity index (χ0n) is 16.4. The Bertz CT molecular complexity index is 629. The van der Waals surface area contributed by atoms with E-state index >= 15 is 0 Å². The second-order valence-electron chi connectivity index (χ2n) is 7.29. The average Bonchev–Trinajstić information content (AvgIpc) is 3.31.